The van der Waals surface area contributed by atoms with Crippen LogP contribution in [0.3, 0.4) is 0 Å². The summed E-state index contributed by atoms with van der Waals surface area (Å²) in [6.07, 6.45) is 1.67. The Balaban J connectivity index is 2.26. The lowest BCUT2D eigenvalue weighted by Gasteiger charge is -2.25. The maximum Gasteiger partial charge on any atom is 0.123 e. The van der Waals surface area contributed by atoms with Gasteiger partial charge in [-0.2, -0.15) is 0 Å². The van der Waals surface area contributed by atoms with Gasteiger partial charge in [0.25, 0.3) is 0 Å². The molecule has 0 unspecified atom stereocenters. The fourth-order valence-electron chi connectivity index (χ4n) is 2.15. The van der Waals surface area contributed by atoms with Gasteiger partial charge in [-0.15, -0.1) is 0 Å². The van der Waals surface area contributed by atoms with E-state index in [9.17, 15) is 4.39 Å². The molecular weight excluding hydrogens is 243 g/mol. The van der Waals surface area contributed by atoms with Crippen molar-refractivity contribution in [3.05, 3.63) is 53.7 Å². The molecule has 1 aromatic carbocycles. The number of furan rings is 1. The van der Waals surface area contributed by atoms with Crippen LogP contribution in [0.15, 0.2) is 41.0 Å². The Morgan fingerprint density at radius 3 is 2.79 bits per heavy atom. The summed E-state index contributed by atoms with van der Waals surface area (Å²) in [6, 6.07) is 8.73. The third-order valence-electron chi connectivity index (χ3n) is 3.06. The van der Waals surface area contributed by atoms with Crippen LogP contribution >= 0.6 is 0 Å². The predicted molar refractivity (Wildman–Crippen MR) is 74.6 cm³/mol. The van der Waals surface area contributed by atoms with Crippen molar-refractivity contribution in [3.8, 4) is 0 Å². The maximum atomic E-state index is 13.4. The molecule has 0 fully saturated rings. The van der Waals surface area contributed by atoms with Crippen molar-refractivity contribution < 1.29 is 8.81 Å². The molecule has 19 heavy (non-hydrogen) atoms. The predicted octanol–water partition coefficient (Wildman–Crippen LogP) is 3.16. The largest absolute Gasteiger partial charge is 0.467 e. The van der Waals surface area contributed by atoms with Crippen molar-refractivity contribution in [1.29, 1.82) is 0 Å². The second-order valence-corrected chi connectivity index (χ2v) is 4.40. The molecule has 1 aromatic heterocycles. The van der Waals surface area contributed by atoms with E-state index in [-0.39, 0.29) is 5.82 Å². The van der Waals surface area contributed by atoms with Gasteiger partial charge in [0.05, 0.1) is 12.8 Å². The third kappa shape index (κ3) is 3.35. The summed E-state index contributed by atoms with van der Waals surface area (Å²) >= 11 is 0. The number of halogens is 1. The van der Waals surface area contributed by atoms with E-state index in [2.05, 4.69) is 17.1 Å². The number of rotatable bonds is 6. The summed E-state index contributed by atoms with van der Waals surface area (Å²) in [4.78, 5) is 2.17. The first-order chi connectivity index (χ1) is 9.24. The molecule has 0 aliphatic carbocycles. The molecule has 0 aliphatic heterocycles. The number of nitrogens with zero attached hydrogens (tertiary/aromatic N) is 1. The SMILES string of the molecule is CCN(Cc1ccco1)c1ccc(F)cc1CNC. The Kier molecular flexibility index (Phi) is 4.58. The minimum atomic E-state index is -0.206. The van der Waals surface area contributed by atoms with E-state index >= 15 is 0 Å². The number of hydrogen-bond acceptors (Lipinski definition) is 3. The molecule has 4 heteroatoms. The Morgan fingerprint density at radius 2 is 2.16 bits per heavy atom. The Hall–Kier alpha value is -1.81. The van der Waals surface area contributed by atoms with Gasteiger partial charge in [-0.05, 0) is 49.9 Å². The lowest BCUT2D eigenvalue weighted by atomic mass is 10.1. The molecule has 0 atom stereocenters. The van der Waals surface area contributed by atoms with Gasteiger partial charge in [0, 0.05) is 18.8 Å². The molecule has 1 N–H and O–H groups in total. The lowest BCUT2D eigenvalue weighted by molar-refractivity contribution is 0.503. The zero-order chi connectivity index (χ0) is 13.7. The second kappa shape index (κ2) is 6.38. The minimum absolute atomic E-state index is 0.206. The van der Waals surface area contributed by atoms with Crippen LogP contribution in [-0.4, -0.2) is 13.6 Å². The average molecular weight is 262 g/mol. The molecule has 2 aromatic rings. The summed E-state index contributed by atoms with van der Waals surface area (Å²) in [6.45, 7) is 4.24. The summed E-state index contributed by atoms with van der Waals surface area (Å²) in [7, 11) is 1.86. The zero-order valence-corrected chi connectivity index (χ0v) is 11.3. The highest BCUT2D eigenvalue weighted by molar-refractivity contribution is 5.54. The molecule has 0 saturated carbocycles. The third-order valence-corrected chi connectivity index (χ3v) is 3.06. The number of nitrogens with one attached hydrogen (secondary N) is 1. The summed E-state index contributed by atoms with van der Waals surface area (Å²) in [5, 5.41) is 3.07. The van der Waals surface area contributed by atoms with E-state index in [0.717, 1.165) is 23.6 Å². The van der Waals surface area contributed by atoms with Gasteiger partial charge in [0.15, 0.2) is 0 Å². The van der Waals surface area contributed by atoms with Gasteiger partial charge in [-0.1, -0.05) is 0 Å². The molecular formula is C15H19FN2O. The molecule has 0 spiro atoms. The van der Waals surface area contributed by atoms with Gasteiger partial charge in [0.1, 0.15) is 11.6 Å². The molecule has 0 saturated heterocycles. The van der Waals surface area contributed by atoms with Gasteiger partial charge >= 0.3 is 0 Å². The van der Waals surface area contributed by atoms with E-state index in [1.807, 2.05) is 25.2 Å². The first-order valence-corrected chi connectivity index (χ1v) is 6.45. The van der Waals surface area contributed by atoms with Crippen molar-refractivity contribution >= 4 is 5.69 Å². The van der Waals surface area contributed by atoms with Crippen LogP contribution in [0, 0.1) is 5.82 Å². The van der Waals surface area contributed by atoms with E-state index in [4.69, 9.17) is 4.42 Å². The van der Waals surface area contributed by atoms with Crippen LogP contribution in [-0.2, 0) is 13.1 Å². The van der Waals surface area contributed by atoms with Gasteiger partial charge in [0.2, 0.25) is 0 Å². The standard InChI is InChI=1S/C15H19FN2O/c1-3-18(11-14-5-4-8-19-14)15-7-6-13(16)9-12(15)10-17-2/h4-9,17H,3,10-11H2,1-2H3. The molecule has 0 radical (unpaired) electrons. The molecule has 1 heterocycles. The lowest BCUT2D eigenvalue weighted by Crippen LogP contribution is -2.24. The molecule has 2 rings (SSSR count). The van der Waals surface area contributed by atoms with E-state index < -0.39 is 0 Å². The van der Waals surface area contributed by atoms with Gasteiger partial charge in [-0.25, -0.2) is 4.39 Å². The Labute approximate surface area is 113 Å². The fourth-order valence-corrected chi connectivity index (χ4v) is 2.15. The smallest absolute Gasteiger partial charge is 0.123 e. The van der Waals surface area contributed by atoms with Crippen molar-refractivity contribution in [3.63, 3.8) is 0 Å². The first kappa shape index (κ1) is 13.6. The topological polar surface area (TPSA) is 28.4 Å². The highest BCUT2D eigenvalue weighted by atomic mass is 19.1. The van der Waals surface area contributed by atoms with Crippen LogP contribution < -0.4 is 10.2 Å². The van der Waals surface area contributed by atoms with Gasteiger partial charge in [-0.3, -0.25) is 0 Å². The van der Waals surface area contributed by atoms with E-state index in [1.54, 1.807) is 12.3 Å². The average Bonchev–Trinajstić information content (AvgIpc) is 2.90. The van der Waals surface area contributed by atoms with Crippen LogP contribution in [0.5, 0.6) is 0 Å². The maximum absolute atomic E-state index is 13.4. The Bertz CT molecular complexity index is 511. The highest BCUT2D eigenvalue weighted by Crippen LogP contribution is 2.23. The van der Waals surface area contributed by atoms with Crippen molar-refractivity contribution in [2.45, 2.75) is 20.0 Å². The quantitative estimate of drug-likeness (QED) is 0.866. The molecule has 0 aliphatic rings. The number of anilines is 1. The van der Waals surface area contributed by atoms with Crippen LogP contribution in [0.2, 0.25) is 0 Å². The van der Waals surface area contributed by atoms with Crippen molar-refractivity contribution in [1.82, 2.24) is 5.32 Å². The van der Waals surface area contributed by atoms with Gasteiger partial charge < -0.3 is 14.6 Å². The normalized spacial score (nSPS) is 10.7. The van der Waals surface area contributed by atoms with Crippen LogP contribution in [0.4, 0.5) is 10.1 Å². The first-order valence-electron chi connectivity index (χ1n) is 6.45. The zero-order valence-electron chi connectivity index (χ0n) is 11.3. The monoisotopic (exact) mass is 262 g/mol. The highest BCUT2D eigenvalue weighted by Gasteiger charge is 2.12. The molecule has 0 amide bonds. The Morgan fingerprint density at radius 1 is 1.32 bits per heavy atom. The molecule has 3 nitrogen and oxygen atoms in total. The second-order valence-electron chi connectivity index (χ2n) is 4.40. The van der Waals surface area contributed by atoms with Crippen LogP contribution in [0.25, 0.3) is 0 Å². The summed E-state index contributed by atoms with van der Waals surface area (Å²) in [5.74, 6) is 0.699. The van der Waals surface area contributed by atoms with Crippen LogP contribution in [0.1, 0.15) is 18.2 Å². The number of benzene rings is 1. The summed E-state index contributed by atoms with van der Waals surface area (Å²) in [5.41, 5.74) is 1.99. The van der Waals surface area contributed by atoms with E-state index in [0.29, 0.717) is 13.1 Å². The van der Waals surface area contributed by atoms with Crippen molar-refractivity contribution in [2.75, 3.05) is 18.5 Å². The fraction of sp³-hybridized carbons (Fsp3) is 0.333. The number of hydrogen-bond donors (Lipinski definition) is 1. The molecule has 0 bridgehead atoms. The van der Waals surface area contributed by atoms with Crippen molar-refractivity contribution in [2.24, 2.45) is 0 Å². The molecule has 102 valence electrons. The summed E-state index contributed by atoms with van der Waals surface area (Å²) < 4.78 is 18.7. The minimum Gasteiger partial charge on any atom is -0.467 e. The van der Waals surface area contributed by atoms with E-state index in [1.165, 1.54) is 6.07 Å².